The van der Waals surface area contributed by atoms with Crippen molar-refractivity contribution in [1.82, 2.24) is 10.6 Å². The third-order valence-electron chi connectivity index (χ3n) is 4.48. The van der Waals surface area contributed by atoms with Crippen molar-refractivity contribution in [2.75, 3.05) is 6.61 Å². The predicted octanol–water partition coefficient (Wildman–Crippen LogP) is 2.80. The van der Waals surface area contributed by atoms with E-state index in [1.165, 1.54) is 0 Å². The lowest BCUT2D eigenvalue weighted by Gasteiger charge is -2.21. The van der Waals surface area contributed by atoms with Crippen molar-refractivity contribution < 1.29 is 15.0 Å². The molecule has 1 aliphatic rings. The van der Waals surface area contributed by atoms with E-state index < -0.39 is 0 Å². The Morgan fingerprint density at radius 1 is 1.17 bits per heavy atom. The van der Waals surface area contributed by atoms with Crippen LogP contribution in [0.5, 0.6) is 5.75 Å². The van der Waals surface area contributed by atoms with Gasteiger partial charge >= 0.3 is 6.03 Å². The summed E-state index contributed by atoms with van der Waals surface area (Å²) in [7, 11) is 0. The first kappa shape index (κ1) is 16.3. The minimum absolute atomic E-state index is 0.0000245. The van der Waals surface area contributed by atoms with Gasteiger partial charge in [0.25, 0.3) is 0 Å². The second kappa shape index (κ2) is 7.36. The van der Waals surface area contributed by atoms with Crippen molar-refractivity contribution in [3.05, 3.63) is 65.2 Å². The lowest BCUT2D eigenvalue weighted by atomic mass is 10.0. The number of hydrogen-bond acceptors (Lipinski definition) is 3. The summed E-state index contributed by atoms with van der Waals surface area (Å²) < 4.78 is 0. The van der Waals surface area contributed by atoms with Gasteiger partial charge in [0, 0.05) is 6.61 Å². The number of urea groups is 1. The molecule has 0 radical (unpaired) electrons. The molecule has 0 saturated carbocycles. The number of aliphatic hydroxyl groups excluding tert-OH is 1. The van der Waals surface area contributed by atoms with E-state index in [9.17, 15) is 15.0 Å². The molecule has 0 aliphatic heterocycles. The number of benzene rings is 2. The van der Waals surface area contributed by atoms with Gasteiger partial charge in [0.05, 0.1) is 12.1 Å². The zero-order valence-electron chi connectivity index (χ0n) is 13.4. The Morgan fingerprint density at radius 2 is 1.96 bits per heavy atom. The first-order chi connectivity index (χ1) is 11.7. The Bertz CT molecular complexity index is 703. The maximum Gasteiger partial charge on any atom is 0.315 e. The number of amides is 2. The minimum atomic E-state index is -0.265. The number of phenols is 1. The highest BCUT2D eigenvalue weighted by atomic mass is 16.3. The standard InChI is InChI=1S/C19H22N2O3/c22-12-11-16(13-5-2-1-3-6-13)20-19(24)21-17-10-9-15-14(17)7-4-8-18(15)23/h1-8,16-17,22-23H,9-12H2,(H2,20,21,24)/t16-,17?/m1/s1. The maximum absolute atomic E-state index is 12.4. The van der Waals surface area contributed by atoms with Crippen LogP contribution in [-0.4, -0.2) is 22.9 Å². The first-order valence-corrected chi connectivity index (χ1v) is 8.22. The summed E-state index contributed by atoms with van der Waals surface area (Å²) in [5.74, 6) is 0.291. The quantitative estimate of drug-likeness (QED) is 0.682. The number of aromatic hydroxyl groups is 1. The molecule has 0 heterocycles. The first-order valence-electron chi connectivity index (χ1n) is 8.22. The Balaban J connectivity index is 1.66. The number of phenolic OH excluding ortho intramolecular Hbond substituents is 1. The highest BCUT2D eigenvalue weighted by molar-refractivity contribution is 5.75. The molecule has 1 unspecified atom stereocenters. The third-order valence-corrected chi connectivity index (χ3v) is 4.48. The molecule has 0 spiro atoms. The van der Waals surface area contributed by atoms with E-state index in [2.05, 4.69) is 10.6 Å². The number of hydrogen-bond donors (Lipinski definition) is 4. The van der Waals surface area contributed by atoms with E-state index in [-0.39, 0.29) is 24.7 Å². The molecule has 1 aliphatic carbocycles. The summed E-state index contributed by atoms with van der Waals surface area (Å²) in [6, 6.07) is 14.4. The van der Waals surface area contributed by atoms with Crippen LogP contribution in [0.15, 0.2) is 48.5 Å². The predicted molar refractivity (Wildman–Crippen MR) is 91.7 cm³/mol. The van der Waals surface area contributed by atoms with Gasteiger partial charge in [-0.15, -0.1) is 0 Å². The number of fused-ring (bicyclic) bond motifs is 1. The summed E-state index contributed by atoms with van der Waals surface area (Å²) in [6.07, 6.45) is 1.99. The number of rotatable bonds is 5. The highest BCUT2D eigenvalue weighted by Crippen LogP contribution is 2.36. The van der Waals surface area contributed by atoms with Crippen molar-refractivity contribution in [3.63, 3.8) is 0 Å². The molecule has 0 saturated heterocycles. The minimum Gasteiger partial charge on any atom is -0.508 e. The van der Waals surface area contributed by atoms with Gasteiger partial charge in [-0.05, 0) is 42.0 Å². The van der Waals surface area contributed by atoms with Crippen LogP contribution < -0.4 is 10.6 Å². The molecule has 5 heteroatoms. The number of carbonyl (C=O) groups excluding carboxylic acids is 1. The second-order valence-corrected chi connectivity index (χ2v) is 6.03. The Labute approximate surface area is 141 Å². The number of aliphatic hydroxyl groups is 1. The second-order valence-electron chi connectivity index (χ2n) is 6.03. The molecule has 0 aromatic heterocycles. The average Bonchev–Trinajstić information content (AvgIpc) is 3.00. The normalized spacial score (nSPS) is 17.1. The van der Waals surface area contributed by atoms with E-state index in [1.54, 1.807) is 12.1 Å². The van der Waals surface area contributed by atoms with Crippen molar-refractivity contribution >= 4 is 6.03 Å². The molecule has 3 rings (SSSR count). The van der Waals surface area contributed by atoms with Crippen LogP contribution in [0.2, 0.25) is 0 Å². The Morgan fingerprint density at radius 3 is 2.71 bits per heavy atom. The van der Waals surface area contributed by atoms with Crippen LogP contribution in [0, 0.1) is 0 Å². The fourth-order valence-corrected chi connectivity index (χ4v) is 3.28. The molecular weight excluding hydrogens is 304 g/mol. The molecule has 5 nitrogen and oxygen atoms in total. The molecule has 126 valence electrons. The van der Waals surface area contributed by atoms with Gasteiger partial charge in [-0.3, -0.25) is 0 Å². The third kappa shape index (κ3) is 3.51. The molecule has 4 N–H and O–H groups in total. The highest BCUT2D eigenvalue weighted by Gasteiger charge is 2.26. The molecule has 2 atom stereocenters. The zero-order valence-corrected chi connectivity index (χ0v) is 13.4. The monoisotopic (exact) mass is 326 g/mol. The number of carbonyl (C=O) groups is 1. The lowest BCUT2D eigenvalue weighted by Crippen LogP contribution is -2.39. The molecular formula is C19H22N2O3. The summed E-state index contributed by atoms with van der Waals surface area (Å²) in [4.78, 5) is 12.4. The molecule has 2 aromatic carbocycles. The van der Waals surface area contributed by atoms with E-state index in [0.717, 1.165) is 29.5 Å². The Hall–Kier alpha value is -2.53. The smallest absolute Gasteiger partial charge is 0.315 e. The largest absolute Gasteiger partial charge is 0.508 e. The molecule has 2 amide bonds. The van der Waals surface area contributed by atoms with Gasteiger partial charge in [-0.2, -0.15) is 0 Å². The molecule has 2 aromatic rings. The maximum atomic E-state index is 12.4. The van der Waals surface area contributed by atoms with Crippen molar-refractivity contribution in [2.45, 2.75) is 31.3 Å². The summed E-state index contributed by atoms with van der Waals surface area (Å²) in [6.45, 7) is -0.0000245. The fraction of sp³-hybridized carbons (Fsp3) is 0.316. The summed E-state index contributed by atoms with van der Waals surface area (Å²) in [5.41, 5.74) is 2.85. The van der Waals surface area contributed by atoms with Crippen LogP contribution in [0.4, 0.5) is 4.79 Å². The van der Waals surface area contributed by atoms with E-state index >= 15 is 0 Å². The van der Waals surface area contributed by atoms with Crippen LogP contribution in [0.1, 0.15) is 41.6 Å². The van der Waals surface area contributed by atoms with Crippen LogP contribution >= 0.6 is 0 Å². The lowest BCUT2D eigenvalue weighted by molar-refractivity contribution is 0.226. The Kier molecular flexibility index (Phi) is 5.01. The molecule has 24 heavy (non-hydrogen) atoms. The SMILES string of the molecule is O=C(NC1CCc2c(O)cccc21)N[C@H](CCO)c1ccccc1. The topological polar surface area (TPSA) is 81.6 Å². The van der Waals surface area contributed by atoms with Crippen LogP contribution in [0.3, 0.4) is 0 Å². The van der Waals surface area contributed by atoms with Crippen LogP contribution in [0.25, 0.3) is 0 Å². The fourth-order valence-electron chi connectivity index (χ4n) is 3.28. The van der Waals surface area contributed by atoms with Gasteiger partial charge in [0.15, 0.2) is 0 Å². The van der Waals surface area contributed by atoms with Gasteiger partial charge in [-0.1, -0.05) is 42.5 Å². The van der Waals surface area contributed by atoms with E-state index in [0.29, 0.717) is 12.2 Å². The summed E-state index contributed by atoms with van der Waals surface area (Å²) >= 11 is 0. The van der Waals surface area contributed by atoms with Crippen LogP contribution in [-0.2, 0) is 6.42 Å². The van der Waals surface area contributed by atoms with E-state index in [1.807, 2.05) is 36.4 Å². The van der Waals surface area contributed by atoms with E-state index in [4.69, 9.17) is 0 Å². The van der Waals surface area contributed by atoms with Crippen molar-refractivity contribution in [1.29, 1.82) is 0 Å². The number of nitrogens with one attached hydrogen (secondary N) is 2. The van der Waals surface area contributed by atoms with Crippen molar-refractivity contribution in [2.24, 2.45) is 0 Å². The average molecular weight is 326 g/mol. The van der Waals surface area contributed by atoms with Crippen molar-refractivity contribution in [3.8, 4) is 5.75 Å². The molecule has 0 fully saturated rings. The zero-order chi connectivity index (χ0) is 16.9. The van der Waals surface area contributed by atoms with Gasteiger partial charge in [0.2, 0.25) is 0 Å². The summed E-state index contributed by atoms with van der Waals surface area (Å²) in [5, 5.41) is 25.1. The molecule has 0 bridgehead atoms. The van der Waals surface area contributed by atoms with Gasteiger partial charge in [0.1, 0.15) is 5.75 Å². The van der Waals surface area contributed by atoms with Gasteiger partial charge in [-0.25, -0.2) is 4.79 Å². The van der Waals surface area contributed by atoms with Gasteiger partial charge < -0.3 is 20.8 Å².